The minimum absolute atomic E-state index is 1.22. The van der Waals surface area contributed by atoms with Crippen LogP contribution in [-0.4, -0.2) is 94.5 Å². The highest BCUT2D eigenvalue weighted by molar-refractivity contribution is 4.54. The summed E-state index contributed by atoms with van der Waals surface area (Å²) in [4.78, 5) is 0. The summed E-state index contributed by atoms with van der Waals surface area (Å²) in [5.41, 5.74) is 0. The predicted molar refractivity (Wildman–Crippen MR) is 257 cm³/mol. The molecule has 0 fully saturated rings. The second kappa shape index (κ2) is 40.3. The average molecular weight is 794 g/mol. The number of hydrogen-bond donors (Lipinski definition) is 0. The van der Waals surface area contributed by atoms with Crippen LogP contribution in [0.1, 0.15) is 265 Å². The van der Waals surface area contributed by atoms with Crippen LogP contribution in [-0.2, 0) is 0 Å². The van der Waals surface area contributed by atoms with Gasteiger partial charge in [0.2, 0.25) is 0 Å². The van der Waals surface area contributed by atoms with Crippen molar-refractivity contribution in [3.8, 4) is 0 Å². The molecule has 0 aromatic carbocycles. The van der Waals surface area contributed by atoms with Gasteiger partial charge in [-0.2, -0.15) is 0 Å². The van der Waals surface area contributed by atoms with Crippen LogP contribution < -0.4 is 0 Å². The van der Waals surface area contributed by atoms with E-state index in [4.69, 9.17) is 0 Å². The molecular weight excluding hydrogens is 679 g/mol. The van der Waals surface area contributed by atoms with Crippen LogP contribution >= 0.6 is 0 Å². The summed E-state index contributed by atoms with van der Waals surface area (Å²) in [5, 5.41) is 0. The van der Waals surface area contributed by atoms with Crippen LogP contribution in [0.4, 0.5) is 0 Å². The molecule has 0 aliphatic rings. The number of quaternary nitrogens is 3. The first-order valence-corrected chi connectivity index (χ1v) is 26.6. The third-order valence-electron chi connectivity index (χ3n) is 13.7. The van der Waals surface area contributed by atoms with E-state index in [1.54, 1.807) is 0 Å². The lowest BCUT2D eigenvalue weighted by Crippen LogP contribution is -2.50. The van der Waals surface area contributed by atoms with E-state index in [2.05, 4.69) is 56.0 Å². The van der Waals surface area contributed by atoms with Crippen LogP contribution in [0.15, 0.2) is 0 Å². The minimum atomic E-state index is 1.22. The summed E-state index contributed by atoms with van der Waals surface area (Å²) in [6.07, 6.45) is 55.0. The molecule has 0 aromatic heterocycles. The van der Waals surface area contributed by atoms with Gasteiger partial charge in [-0.15, -0.1) is 0 Å². The van der Waals surface area contributed by atoms with Gasteiger partial charge in [-0.1, -0.05) is 213 Å². The first kappa shape index (κ1) is 55.9. The van der Waals surface area contributed by atoms with Gasteiger partial charge in [-0.25, -0.2) is 0 Å². The maximum atomic E-state index is 2.63. The smallest absolute Gasteiger partial charge is 0.0839 e. The molecule has 0 radical (unpaired) electrons. The Hall–Kier alpha value is -0.120. The molecule has 0 aliphatic heterocycles. The van der Waals surface area contributed by atoms with Crippen molar-refractivity contribution in [2.24, 2.45) is 0 Å². The molecule has 0 bridgehead atoms. The standard InChI is InChI=1S/C53H114N3/c1-9-12-15-18-21-24-27-30-33-36-39-42-47-54(4,5)49-45-52-56(8,51-44-41-38-35-32-29-26-23-20-17-14-11-3)53-46-50-55(6,7)48-43-40-37-34-31-28-25-22-19-16-13-10-2/h9-53H2,1-8H3/q+3. The van der Waals surface area contributed by atoms with Crippen molar-refractivity contribution in [1.29, 1.82) is 0 Å². The molecular formula is C53H114N3+3. The highest BCUT2D eigenvalue weighted by Gasteiger charge is 2.25. The molecule has 0 amide bonds. The summed E-state index contributed by atoms with van der Waals surface area (Å²) in [6.45, 7) is 16.6. The zero-order valence-electron chi connectivity index (χ0n) is 41.2. The lowest BCUT2D eigenvalue weighted by molar-refractivity contribution is -0.928. The quantitative estimate of drug-likeness (QED) is 0.0425. The fraction of sp³-hybridized carbons (Fsp3) is 1.00. The molecule has 0 heterocycles. The van der Waals surface area contributed by atoms with Gasteiger partial charge in [-0.05, 0) is 38.5 Å². The fourth-order valence-corrected chi connectivity index (χ4v) is 9.42. The molecule has 0 N–H and O–H groups in total. The molecule has 56 heavy (non-hydrogen) atoms. The van der Waals surface area contributed by atoms with Crippen molar-refractivity contribution >= 4 is 0 Å². The highest BCUT2D eigenvalue weighted by Crippen LogP contribution is 2.18. The number of unbranched alkanes of at least 4 members (excludes halogenated alkanes) is 33. The zero-order valence-corrected chi connectivity index (χ0v) is 41.2. The molecule has 0 saturated heterocycles. The van der Waals surface area contributed by atoms with Gasteiger partial charge < -0.3 is 13.4 Å². The molecule has 0 aromatic rings. The normalized spacial score (nSPS) is 12.6. The Labute approximate surface area is 358 Å². The van der Waals surface area contributed by atoms with Crippen LogP contribution in [0.2, 0.25) is 0 Å². The van der Waals surface area contributed by atoms with E-state index in [9.17, 15) is 0 Å². The van der Waals surface area contributed by atoms with Crippen molar-refractivity contribution in [3.63, 3.8) is 0 Å². The van der Waals surface area contributed by atoms with Crippen molar-refractivity contribution < 1.29 is 13.4 Å². The van der Waals surface area contributed by atoms with E-state index in [1.165, 1.54) is 303 Å². The molecule has 3 heteroatoms. The van der Waals surface area contributed by atoms with E-state index < -0.39 is 0 Å². The molecule has 338 valence electrons. The van der Waals surface area contributed by atoms with Gasteiger partial charge in [0.05, 0.1) is 81.1 Å². The largest absolute Gasteiger partial charge is 0.328 e. The van der Waals surface area contributed by atoms with Gasteiger partial charge in [0, 0.05) is 12.8 Å². The topological polar surface area (TPSA) is 0 Å². The number of nitrogens with zero attached hydrogens (tertiary/aromatic N) is 3. The Morgan fingerprint density at radius 1 is 0.179 bits per heavy atom. The van der Waals surface area contributed by atoms with Gasteiger partial charge in [-0.3, -0.25) is 0 Å². The van der Waals surface area contributed by atoms with Crippen molar-refractivity contribution in [2.75, 3.05) is 81.1 Å². The lowest BCUT2D eigenvalue weighted by Gasteiger charge is -2.38. The van der Waals surface area contributed by atoms with E-state index in [1.807, 2.05) is 0 Å². The Bertz CT molecular complexity index is 714. The Balaban J connectivity index is 4.51. The van der Waals surface area contributed by atoms with Crippen molar-refractivity contribution in [3.05, 3.63) is 0 Å². The van der Waals surface area contributed by atoms with Gasteiger partial charge in [0.15, 0.2) is 0 Å². The van der Waals surface area contributed by atoms with E-state index in [0.29, 0.717) is 0 Å². The lowest BCUT2D eigenvalue weighted by atomic mass is 10.0. The first-order valence-electron chi connectivity index (χ1n) is 26.6. The van der Waals surface area contributed by atoms with E-state index >= 15 is 0 Å². The average Bonchev–Trinajstić information content (AvgIpc) is 3.16. The zero-order chi connectivity index (χ0) is 41.3. The SMILES string of the molecule is CCCCCCCCCCCCCC[N+](C)(C)CCC[N+](C)(CCCCCCCCCCCCCC)CCC[N+](C)(C)CCCCCCCCCCCCCC. The van der Waals surface area contributed by atoms with Crippen LogP contribution in [0.3, 0.4) is 0 Å². The first-order chi connectivity index (χ1) is 27.1. The summed E-state index contributed by atoms with van der Waals surface area (Å²) in [5.74, 6) is 0. The van der Waals surface area contributed by atoms with Gasteiger partial charge in [0.1, 0.15) is 0 Å². The van der Waals surface area contributed by atoms with E-state index in [-0.39, 0.29) is 0 Å². The highest BCUT2D eigenvalue weighted by atomic mass is 15.4. The van der Waals surface area contributed by atoms with Gasteiger partial charge >= 0.3 is 0 Å². The molecule has 0 saturated carbocycles. The number of rotatable bonds is 47. The predicted octanol–water partition coefficient (Wildman–Crippen LogP) is 16.5. The molecule has 0 aliphatic carbocycles. The summed E-state index contributed by atoms with van der Waals surface area (Å²) < 4.78 is 3.76. The van der Waals surface area contributed by atoms with Crippen LogP contribution in [0.5, 0.6) is 0 Å². The molecule has 0 spiro atoms. The molecule has 3 nitrogen and oxygen atoms in total. The van der Waals surface area contributed by atoms with Crippen LogP contribution in [0, 0.1) is 0 Å². The second-order valence-corrected chi connectivity index (χ2v) is 20.9. The van der Waals surface area contributed by atoms with Crippen molar-refractivity contribution in [1.82, 2.24) is 0 Å². The monoisotopic (exact) mass is 793 g/mol. The fourth-order valence-electron chi connectivity index (χ4n) is 9.42. The number of hydrogen-bond acceptors (Lipinski definition) is 0. The maximum Gasteiger partial charge on any atom is 0.0839 e. The Kier molecular flexibility index (Phi) is 40.2. The minimum Gasteiger partial charge on any atom is -0.328 e. The Morgan fingerprint density at radius 2 is 0.339 bits per heavy atom. The summed E-state index contributed by atoms with van der Waals surface area (Å²) >= 11 is 0. The second-order valence-electron chi connectivity index (χ2n) is 20.9. The van der Waals surface area contributed by atoms with Crippen molar-refractivity contribution in [2.45, 2.75) is 265 Å². The third kappa shape index (κ3) is 40.7. The maximum absolute atomic E-state index is 2.63. The van der Waals surface area contributed by atoms with Gasteiger partial charge in [0.25, 0.3) is 0 Å². The molecule has 0 atom stereocenters. The third-order valence-corrected chi connectivity index (χ3v) is 13.7. The molecule has 0 rings (SSSR count). The summed E-state index contributed by atoms with van der Waals surface area (Å²) in [7, 11) is 12.7. The van der Waals surface area contributed by atoms with E-state index in [0.717, 1.165) is 0 Å². The molecule has 0 unspecified atom stereocenters. The summed E-state index contributed by atoms with van der Waals surface area (Å²) in [6, 6.07) is 0. The van der Waals surface area contributed by atoms with Crippen LogP contribution in [0.25, 0.3) is 0 Å². The Morgan fingerprint density at radius 3 is 0.571 bits per heavy atom.